The molecule has 0 saturated carbocycles. The molecule has 11 heteroatoms. The molecule has 10 nitrogen and oxygen atoms in total. The van der Waals surface area contributed by atoms with Crippen LogP contribution in [0, 0.1) is 10.1 Å². The molecule has 0 aliphatic carbocycles. The van der Waals surface area contributed by atoms with Gasteiger partial charge in [-0.3, -0.25) is 14.9 Å². The standard InChI is InChI=1S/C20H22ClN7O3/c1-13(2)26-12-22-24-19(26)14-4-3-9-25(11-14)17-10-23-27(20(29)18(17)21)15-5-7-16(8-6-15)28(30)31/h5-8,10,12-14H,3-4,9,11H2,1-2H3. The molecular weight excluding hydrogens is 422 g/mol. The molecule has 31 heavy (non-hydrogen) atoms. The Labute approximate surface area is 183 Å². The second-order valence-corrected chi connectivity index (χ2v) is 8.19. The van der Waals surface area contributed by atoms with Crippen LogP contribution in [0.15, 0.2) is 41.6 Å². The lowest BCUT2D eigenvalue weighted by Gasteiger charge is -2.34. The molecular formula is C20H22ClN7O3. The molecule has 0 bridgehead atoms. The minimum atomic E-state index is -0.497. The first-order valence-electron chi connectivity index (χ1n) is 10.0. The fourth-order valence-corrected chi connectivity index (χ4v) is 4.14. The van der Waals surface area contributed by atoms with Gasteiger partial charge in [0.25, 0.3) is 11.2 Å². The highest BCUT2D eigenvalue weighted by atomic mass is 35.5. The predicted octanol–water partition coefficient (Wildman–Crippen LogP) is 3.35. The Morgan fingerprint density at radius 3 is 2.68 bits per heavy atom. The van der Waals surface area contributed by atoms with Crippen LogP contribution in [-0.2, 0) is 0 Å². The molecule has 3 aromatic rings. The molecule has 2 aromatic heterocycles. The summed E-state index contributed by atoms with van der Waals surface area (Å²) in [5.74, 6) is 1.11. The van der Waals surface area contributed by atoms with E-state index in [0.29, 0.717) is 17.9 Å². The fourth-order valence-electron chi connectivity index (χ4n) is 3.89. The number of hydrogen-bond acceptors (Lipinski definition) is 7. The molecule has 3 heterocycles. The largest absolute Gasteiger partial charge is 0.368 e. The Bertz CT molecular complexity index is 1160. The Kier molecular flexibility index (Phi) is 5.73. The number of nitro benzene ring substituents is 1. The van der Waals surface area contributed by atoms with Gasteiger partial charge in [0.2, 0.25) is 0 Å². The van der Waals surface area contributed by atoms with Gasteiger partial charge in [-0.1, -0.05) is 11.6 Å². The van der Waals surface area contributed by atoms with Crippen LogP contribution >= 0.6 is 11.6 Å². The number of anilines is 1. The van der Waals surface area contributed by atoms with E-state index in [1.807, 2.05) is 0 Å². The minimum Gasteiger partial charge on any atom is -0.368 e. The van der Waals surface area contributed by atoms with E-state index < -0.39 is 10.5 Å². The second kappa shape index (κ2) is 8.46. The van der Waals surface area contributed by atoms with Gasteiger partial charge < -0.3 is 9.47 Å². The first-order chi connectivity index (χ1) is 14.9. The van der Waals surface area contributed by atoms with E-state index in [4.69, 9.17) is 11.6 Å². The van der Waals surface area contributed by atoms with Crippen molar-refractivity contribution in [3.63, 3.8) is 0 Å². The van der Waals surface area contributed by atoms with Crippen molar-refractivity contribution in [2.75, 3.05) is 18.0 Å². The number of rotatable bonds is 5. The number of nitro groups is 1. The minimum absolute atomic E-state index is 0.0619. The van der Waals surface area contributed by atoms with Crippen LogP contribution in [0.2, 0.25) is 5.02 Å². The Morgan fingerprint density at radius 2 is 2.00 bits per heavy atom. The number of hydrogen-bond donors (Lipinski definition) is 0. The van der Waals surface area contributed by atoms with Crippen LogP contribution in [0.5, 0.6) is 0 Å². The van der Waals surface area contributed by atoms with E-state index in [1.54, 1.807) is 12.5 Å². The molecule has 0 amide bonds. The highest BCUT2D eigenvalue weighted by Gasteiger charge is 2.28. The van der Waals surface area contributed by atoms with Crippen molar-refractivity contribution < 1.29 is 4.92 Å². The third kappa shape index (κ3) is 4.02. The van der Waals surface area contributed by atoms with E-state index in [1.165, 1.54) is 24.3 Å². The molecule has 1 atom stereocenters. The molecule has 1 aliphatic heterocycles. The van der Waals surface area contributed by atoms with Gasteiger partial charge in [0.1, 0.15) is 17.2 Å². The van der Waals surface area contributed by atoms with Crippen LogP contribution in [0.4, 0.5) is 11.4 Å². The van der Waals surface area contributed by atoms with Crippen LogP contribution in [0.1, 0.15) is 44.5 Å². The summed E-state index contributed by atoms with van der Waals surface area (Å²) in [4.78, 5) is 25.3. The Morgan fingerprint density at radius 1 is 1.26 bits per heavy atom. The van der Waals surface area contributed by atoms with Crippen LogP contribution < -0.4 is 10.5 Å². The number of halogens is 1. The zero-order valence-corrected chi connectivity index (χ0v) is 17.9. The number of piperidine rings is 1. The highest BCUT2D eigenvalue weighted by Crippen LogP contribution is 2.32. The Hall–Kier alpha value is -3.27. The maximum atomic E-state index is 12.9. The van der Waals surface area contributed by atoms with E-state index in [2.05, 4.69) is 38.6 Å². The average Bonchev–Trinajstić information content (AvgIpc) is 3.26. The van der Waals surface area contributed by atoms with E-state index in [0.717, 1.165) is 29.9 Å². The predicted molar refractivity (Wildman–Crippen MR) is 116 cm³/mol. The summed E-state index contributed by atoms with van der Waals surface area (Å²) in [5, 5.41) is 23.6. The van der Waals surface area contributed by atoms with Gasteiger partial charge in [-0.05, 0) is 38.8 Å². The van der Waals surface area contributed by atoms with Crippen LogP contribution in [-0.4, -0.2) is 42.6 Å². The first-order valence-corrected chi connectivity index (χ1v) is 10.4. The molecule has 0 N–H and O–H groups in total. The maximum absolute atomic E-state index is 12.9. The molecule has 1 unspecified atom stereocenters. The average molecular weight is 444 g/mol. The van der Waals surface area contributed by atoms with Gasteiger partial charge in [0.15, 0.2) is 0 Å². The molecule has 1 aromatic carbocycles. The lowest BCUT2D eigenvalue weighted by molar-refractivity contribution is -0.384. The summed E-state index contributed by atoms with van der Waals surface area (Å²) >= 11 is 6.46. The lowest BCUT2D eigenvalue weighted by atomic mass is 9.96. The summed E-state index contributed by atoms with van der Waals surface area (Å²) < 4.78 is 3.22. The quantitative estimate of drug-likeness (QED) is 0.439. The van der Waals surface area contributed by atoms with Crippen molar-refractivity contribution in [3.05, 3.63) is 68.1 Å². The monoisotopic (exact) mass is 443 g/mol. The van der Waals surface area contributed by atoms with E-state index in [9.17, 15) is 14.9 Å². The lowest BCUT2D eigenvalue weighted by Crippen LogP contribution is -2.37. The molecule has 162 valence electrons. The second-order valence-electron chi connectivity index (χ2n) is 7.81. The zero-order chi connectivity index (χ0) is 22.1. The van der Waals surface area contributed by atoms with E-state index >= 15 is 0 Å². The van der Waals surface area contributed by atoms with Crippen LogP contribution in [0.25, 0.3) is 5.69 Å². The SMILES string of the molecule is CC(C)n1cnnc1C1CCCN(c2cnn(-c3ccc([N+](=O)[O-])cc3)c(=O)c2Cl)C1. The number of non-ortho nitro benzene ring substituents is 1. The van der Waals surface area contributed by atoms with Crippen molar-refractivity contribution in [2.45, 2.75) is 38.6 Å². The van der Waals surface area contributed by atoms with Crippen molar-refractivity contribution in [3.8, 4) is 5.69 Å². The van der Waals surface area contributed by atoms with Gasteiger partial charge in [-0.25, -0.2) is 0 Å². The van der Waals surface area contributed by atoms with Crippen molar-refractivity contribution in [2.24, 2.45) is 0 Å². The molecule has 0 radical (unpaired) electrons. The summed E-state index contributed by atoms with van der Waals surface area (Å²) in [6.45, 7) is 5.60. The molecule has 1 fully saturated rings. The number of aromatic nitrogens is 5. The van der Waals surface area contributed by atoms with Gasteiger partial charge >= 0.3 is 0 Å². The zero-order valence-electron chi connectivity index (χ0n) is 17.2. The first kappa shape index (κ1) is 21.0. The Balaban J connectivity index is 1.61. The third-order valence-electron chi connectivity index (χ3n) is 5.49. The van der Waals surface area contributed by atoms with E-state index in [-0.39, 0.29) is 22.7 Å². The van der Waals surface area contributed by atoms with Gasteiger partial charge in [0.05, 0.1) is 22.5 Å². The van der Waals surface area contributed by atoms with Gasteiger partial charge in [-0.2, -0.15) is 9.78 Å². The van der Waals surface area contributed by atoms with Gasteiger partial charge in [-0.15, -0.1) is 10.2 Å². The van der Waals surface area contributed by atoms with Crippen molar-refractivity contribution >= 4 is 23.0 Å². The summed E-state index contributed by atoms with van der Waals surface area (Å²) in [6, 6.07) is 5.85. The summed E-state index contributed by atoms with van der Waals surface area (Å²) in [6.07, 6.45) is 5.23. The summed E-state index contributed by atoms with van der Waals surface area (Å²) in [7, 11) is 0. The third-order valence-corrected chi connectivity index (χ3v) is 5.85. The smallest absolute Gasteiger partial charge is 0.292 e. The number of nitrogens with zero attached hydrogens (tertiary/aromatic N) is 7. The van der Waals surface area contributed by atoms with Crippen molar-refractivity contribution in [1.29, 1.82) is 0 Å². The molecule has 1 saturated heterocycles. The van der Waals surface area contributed by atoms with Crippen molar-refractivity contribution in [1.82, 2.24) is 24.5 Å². The highest BCUT2D eigenvalue weighted by molar-refractivity contribution is 6.33. The molecule has 1 aliphatic rings. The maximum Gasteiger partial charge on any atom is 0.292 e. The van der Waals surface area contributed by atoms with Crippen LogP contribution in [0.3, 0.4) is 0 Å². The fraction of sp³-hybridized carbons (Fsp3) is 0.400. The number of benzene rings is 1. The van der Waals surface area contributed by atoms with Gasteiger partial charge in [0, 0.05) is 37.2 Å². The topological polar surface area (TPSA) is 112 Å². The normalized spacial score (nSPS) is 16.6. The molecule has 4 rings (SSSR count). The summed E-state index contributed by atoms with van der Waals surface area (Å²) in [5.41, 5.74) is 0.448. The molecule has 0 spiro atoms.